The van der Waals surface area contributed by atoms with Gasteiger partial charge in [0.1, 0.15) is 0 Å². The first-order valence-electron chi connectivity index (χ1n) is 4.90. The molecule has 0 bridgehead atoms. The van der Waals surface area contributed by atoms with Gasteiger partial charge >= 0.3 is 0 Å². The Morgan fingerprint density at radius 2 is 2.31 bits per heavy atom. The van der Waals surface area contributed by atoms with Gasteiger partial charge in [0.25, 0.3) is 0 Å². The van der Waals surface area contributed by atoms with Crippen molar-refractivity contribution in [2.24, 2.45) is 0 Å². The van der Waals surface area contributed by atoms with Crippen LogP contribution < -0.4 is 9.64 Å². The zero-order valence-electron chi connectivity index (χ0n) is 8.74. The average Bonchev–Trinajstić information content (AvgIpc) is 2.58. The van der Waals surface area contributed by atoms with Crippen molar-refractivity contribution < 1.29 is 13.9 Å². The second-order valence-electron chi connectivity index (χ2n) is 3.60. The average molecular weight is 288 g/mol. The van der Waals surface area contributed by atoms with Gasteiger partial charge in [0.2, 0.25) is 5.91 Å². The molecule has 1 amide bonds. The third kappa shape index (κ3) is 1.91. The summed E-state index contributed by atoms with van der Waals surface area (Å²) in [6.45, 7) is 0.489. The summed E-state index contributed by atoms with van der Waals surface area (Å²) in [6.07, 6.45) is 0.399. The van der Waals surface area contributed by atoms with Crippen molar-refractivity contribution in [3.8, 4) is 5.75 Å². The number of carbonyl (C=O) groups excluding carboxylic acids is 1. The van der Waals surface area contributed by atoms with E-state index < -0.39 is 5.82 Å². The predicted octanol–water partition coefficient (Wildman–Crippen LogP) is 2.33. The summed E-state index contributed by atoms with van der Waals surface area (Å²) in [4.78, 5) is 13.2. The fourth-order valence-corrected chi connectivity index (χ4v) is 2.33. The highest BCUT2D eigenvalue weighted by atomic mass is 79.9. The van der Waals surface area contributed by atoms with Gasteiger partial charge in [-0.3, -0.25) is 4.79 Å². The van der Waals surface area contributed by atoms with E-state index in [-0.39, 0.29) is 22.2 Å². The zero-order chi connectivity index (χ0) is 11.7. The molecule has 1 fully saturated rings. The summed E-state index contributed by atoms with van der Waals surface area (Å²) >= 11 is 3.36. The lowest BCUT2D eigenvalue weighted by molar-refractivity contribution is -0.117. The second-order valence-corrected chi connectivity index (χ2v) is 4.89. The molecule has 1 aliphatic rings. The lowest BCUT2D eigenvalue weighted by Crippen LogP contribution is -2.25. The first-order valence-corrected chi connectivity index (χ1v) is 5.82. The second kappa shape index (κ2) is 4.41. The van der Waals surface area contributed by atoms with Crippen molar-refractivity contribution in [3.05, 3.63) is 24.0 Å². The molecule has 5 heteroatoms. The summed E-state index contributed by atoms with van der Waals surface area (Å²) in [5.74, 6) is -0.405. The van der Waals surface area contributed by atoms with E-state index in [1.165, 1.54) is 18.1 Å². The van der Waals surface area contributed by atoms with E-state index in [1.54, 1.807) is 12.1 Å². The van der Waals surface area contributed by atoms with Gasteiger partial charge in [0.15, 0.2) is 11.6 Å². The molecular weight excluding hydrogens is 277 g/mol. The number of anilines is 1. The standard InChI is InChI=1S/C11H11BrFNO2/c1-16-9-4-2-3-8(11(9)13)14-6-7(12)5-10(14)15/h2-4,7H,5-6H2,1H3. The van der Waals surface area contributed by atoms with E-state index in [0.717, 1.165) is 0 Å². The number of rotatable bonds is 2. The summed E-state index contributed by atoms with van der Waals surface area (Å²) in [5, 5.41) is 0. The maximum absolute atomic E-state index is 13.9. The molecule has 0 aliphatic carbocycles. The molecule has 1 aliphatic heterocycles. The van der Waals surface area contributed by atoms with E-state index in [0.29, 0.717) is 13.0 Å². The number of methoxy groups -OCH3 is 1. The lowest BCUT2D eigenvalue weighted by Gasteiger charge is -2.17. The van der Waals surface area contributed by atoms with Crippen molar-refractivity contribution in [3.63, 3.8) is 0 Å². The Kier molecular flexibility index (Phi) is 3.14. The van der Waals surface area contributed by atoms with Gasteiger partial charge in [0, 0.05) is 17.8 Å². The van der Waals surface area contributed by atoms with Crippen molar-refractivity contribution in [1.29, 1.82) is 0 Å². The maximum atomic E-state index is 13.9. The van der Waals surface area contributed by atoms with Gasteiger partial charge in [-0.05, 0) is 12.1 Å². The Morgan fingerprint density at radius 1 is 1.56 bits per heavy atom. The molecule has 1 saturated heterocycles. The molecule has 2 rings (SSSR count). The van der Waals surface area contributed by atoms with Gasteiger partial charge in [-0.2, -0.15) is 0 Å². The largest absolute Gasteiger partial charge is 0.494 e. The van der Waals surface area contributed by atoms with Gasteiger partial charge < -0.3 is 9.64 Å². The highest BCUT2D eigenvalue weighted by molar-refractivity contribution is 9.09. The molecule has 1 aromatic rings. The van der Waals surface area contributed by atoms with E-state index in [4.69, 9.17) is 4.74 Å². The maximum Gasteiger partial charge on any atom is 0.228 e. The van der Waals surface area contributed by atoms with Crippen LogP contribution in [0.1, 0.15) is 6.42 Å². The van der Waals surface area contributed by atoms with Gasteiger partial charge in [0.05, 0.1) is 12.8 Å². The molecule has 86 valence electrons. The van der Waals surface area contributed by atoms with E-state index in [2.05, 4.69) is 15.9 Å². The van der Waals surface area contributed by atoms with Crippen molar-refractivity contribution in [2.75, 3.05) is 18.6 Å². The Hall–Kier alpha value is -1.10. The fourth-order valence-electron chi connectivity index (χ4n) is 1.76. The molecule has 1 unspecified atom stereocenters. The molecule has 1 aromatic carbocycles. The van der Waals surface area contributed by atoms with Crippen LogP contribution in [0.4, 0.5) is 10.1 Å². The number of carbonyl (C=O) groups is 1. The summed E-state index contributed by atoms with van der Waals surface area (Å²) in [6, 6.07) is 4.79. The Morgan fingerprint density at radius 3 is 2.88 bits per heavy atom. The van der Waals surface area contributed by atoms with Crippen LogP contribution >= 0.6 is 15.9 Å². The normalized spacial score (nSPS) is 20.3. The number of amides is 1. The Labute approximate surface area is 101 Å². The third-order valence-electron chi connectivity index (χ3n) is 2.53. The quantitative estimate of drug-likeness (QED) is 0.782. The fraction of sp³-hybridized carbons (Fsp3) is 0.364. The van der Waals surface area contributed by atoms with Crippen LogP contribution in [-0.4, -0.2) is 24.4 Å². The van der Waals surface area contributed by atoms with Crippen LogP contribution in [0.25, 0.3) is 0 Å². The number of hydrogen-bond acceptors (Lipinski definition) is 2. The SMILES string of the molecule is COc1cccc(N2CC(Br)CC2=O)c1F. The molecule has 0 saturated carbocycles. The van der Waals surface area contributed by atoms with Crippen LogP contribution in [0.15, 0.2) is 18.2 Å². The van der Waals surface area contributed by atoms with Gasteiger partial charge in [-0.25, -0.2) is 4.39 Å². The number of alkyl halides is 1. The van der Waals surface area contributed by atoms with Crippen molar-refractivity contribution in [1.82, 2.24) is 0 Å². The third-order valence-corrected chi connectivity index (χ3v) is 3.14. The predicted molar refractivity (Wildman–Crippen MR) is 62.6 cm³/mol. The topological polar surface area (TPSA) is 29.5 Å². The first-order chi connectivity index (χ1) is 7.63. The molecule has 0 N–H and O–H groups in total. The highest BCUT2D eigenvalue weighted by Crippen LogP contribution is 2.31. The number of benzene rings is 1. The highest BCUT2D eigenvalue weighted by Gasteiger charge is 2.31. The smallest absolute Gasteiger partial charge is 0.228 e. The van der Waals surface area contributed by atoms with E-state index >= 15 is 0 Å². The molecule has 0 radical (unpaired) electrons. The van der Waals surface area contributed by atoms with Crippen molar-refractivity contribution >= 4 is 27.5 Å². The number of hydrogen-bond donors (Lipinski definition) is 0. The van der Waals surface area contributed by atoms with Gasteiger partial charge in [-0.15, -0.1) is 0 Å². The van der Waals surface area contributed by atoms with E-state index in [9.17, 15) is 9.18 Å². The minimum atomic E-state index is -0.486. The molecule has 16 heavy (non-hydrogen) atoms. The summed E-state index contributed by atoms with van der Waals surface area (Å²) < 4.78 is 18.8. The van der Waals surface area contributed by atoms with Crippen LogP contribution in [0.5, 0.6) is 5.75 Å². The molecule has 3 nitrogen and oxygen atoms in total. The Bertz CT molecular complexity index is 424. The number of ether oxygens (including phenoxy) is 1. The zero-order valence-corrected chi connectivity index (χ0v) is 10.3. The molecule has 0 aromatic heterocycles. The summed E-state index contributed by atoms with van der Waals surface area (Å²) in [5.41, 5.74) is 0.284. The molecule has 1 atom stereocenters. The van der Waals surface area contributed by atoms with Gasteiger partial charge in [-0.1, -0.05) is 22.0 Å². The van der Waals surface area contributed by atoms with Crippen LogP contribution in [0, 0.1) is 5.82 Å². The summed E-state index contributed by atoms with van der Waals surface area (Å²) in [7, 11) is 1.40. The number of halogens is 2. The first kappa shape index (κ1) is 11.4. The minimum Gasteiger partial charge on any atom is -0.494 e. The molecule has 1 heterocycles. The molecular formula is C11H11BrFNO2. The molecule has 0 spiro atoms. The Balaban J connectivity index is 2.37. The minimum absolute atomic E-state index is 0.0750. The van der Waals surface area contributed by atoms with E-state index in [1.807, 2.05) is 0 Å². The van der Waals surface area contributed by atoms with Crippen molar-refractivity contribution in [2.45, 2.75) is 11.2 Å². The monoisotopic (exact) mass is 287 g/mol. The van der Waals surface area contributed by atoms with Crippen LogP contribution in [-0.2, 0) is 4.79 Å². The number of nitrogens with zero attached hydrogens (tertiary/aromatic N) is 1. The lowest BCUT2D eigenvalue weighted by atomic mass is 10.2. The van der Waals surface area contributed by atoms with Crippen LogP contribution in [0.2, 0.25) is 0 Å². The van der Waals surface area contributed by atoms with Crippen LogP contribution in [0.3, 0.4) is 0 Å².